The third-order valence-electron chi connectivity index (χ3n) is 3.17. The van der Waals surface area contributed by atoms with Crippen molar-refractivity contribution in [2.45, 2.75) is 33.0 Å². The van der Waals surface area contributed by atoms with Crippen LogP contribution in [-0.4, -0.2) is 24.8 Å². The van der Waals surface area contributed by atoms with Crippen molar-refractivity contribution in [2.24, 2.45) is 0 Å². The topological polar surface area (TPSA) is 56.8 Å². The van der Waals surface area contributed by atoms with E-state index >= 15 is 0 Å². The summed E-state index contributed by atoms with van der Waals surface area (Å²) in [5.41, 5.74) is 0.557. The molecule has 0 aromatic heterocycles. The Balaban J connectivity index is 1.86. The highest BCUT2D eigenvalue weighted by Crippen LogP contribution is 2.31. The molecule has 0 atom stereocenters. The molecular formula is C20H24BrNO4. The molecule has 0 aliphatic carbocycles. The Morgan fingerprint density at radius 2 is 1.77 bits per heavy atom. The van der Waals surface area contributed by atoms with Gasteiger partial charge in [0.15, 0.2) is 11.5 Å². The number of amides is 1. The first-order valence-corrected chi connectivity index (χ1v) is 9.19. The Kier molecular flexibility index (Phi) is 7.33. The second kappa shape index (κ2) is 9.48. The van der Waals surface area contributed by atoms with Crippen LogP contribution in [0.2, 0.25) is 0 Å². The van der Waals surface area contributed by atoms with Crippen LogP contribution in [-0.2, 0) is 11.3 Å². The van der Waals surface area contributed by atoms with Gasteiger partial charge in [-0.25, -0.2) is 4.79 Å². The van der Waals surface area contributed by atoms with Gasteiger partial charge in [-0.05, 0) is 44.5 Å². The summed E-state index contributed by atoms with van der Waals surface area (Å²) in [6, 6.07) is 15.5. The summed E-state index contributed by atoms with van der Waals surface area (Å²) >= 11 is 3.43. The summed E-state index contributed by atoms with van der Waals surface area (Å²) in [5, 5.41) is 2.66. The van der Waals surface area contributed by atoms with Crippen LogP contribution in [0.5, 0.6) is 11.5 Å². The lowest BCUT2D eigenvalue weighted by atomic mass is 10.2. The van der Waals surface area contributed by atoms with E-state index in [9.17, 15) is 4.79 Å². The van der Waals surface area contributed by atoms with Crippen LogP contribution < -0.4 is 14.8 Å². The number of hydrogen-bond donors (Lipinski definition) is 1. The maximum absolute atomic E-state index is 11.6. The number of benzene rings is 2. The molecule has 6 heteroatoms. The van der Waals surface area contributed by atoms with Crippen molar-refractivity contribution in [1.82, 2.24) is 5.32 Å². The Morgan fingerprint density at radius 3 is 2.46 bits per heavy atom. The zero-order valence-electron chi connectivity index (χ0n) is 15.3. The SMILES string of the molecule is CC(C)(C)OC(=O)NCCOc1cc(Br)ccc1OCc1ccccc1. The molecule has 0 aliphatic rings. The van der Waals surface area contributed by atoms with Crippen LogP contribution in [0.3, 0.4) is 0 Å². The summed E-state index contributed by atoms with van der Waals surface area (Å²) in [4.78, 5) is 11.6. The Labute approximate surface area is 162 Å². The highest BCUT2D eigenvalue weighted by atomic mass is 79.9. The van der Waals surface area contributed by atoms with E-state index < -0.39 is 11.7 Å². The minimum Gasteiger partial charge on any atom is -0.488 e. The molecule has 0 fully saturated rings. The van der Waals surface area contributed by atoms with E-state index in [-0.39, 0.29) is 0 Å². The molecule has 2 rings (SSSR count). The van der Waals surface area contributed by atoms with E-state index in [1.807, 2.05) is 69.3 Å². The molecule has 1 N–H and O–H groups in total. The second-order valence-corrected chi connectivity index (χ2v) is 7.56. The first kappa shape index (κ1) is 20.1. The fraction of sp³-hybridized carbons (Fsp3) is 0.350. The lowest BCUT2D eigenvalue weighted by Crippen LogP contribution is -2.34. The fourth-order valence-electron chi connectivity index (χ4n) is 2.08. The van der Waals surface area contributed by atoms with Crippen LogP contribution in [0.4, 0.5) is 4.79 Å². The first-order chi connectivity index (χ1) is 12.3. The average Bonchev–Trinajstić information content (AvgIpc) is 2.57. The lowest BCUT2D eigenvalue weighted by molar-refractivity contribution is 0.0520. The molecular weight excluding hydrogens is 398 g/mol. The van der Waals surface area contributed by atoms with Crippen molar-refractivity contribution in [2.75, 3.05) is 13.2 Å². The van der Waals surface area contributed by atoms with E-state index in [0.29, 0.717) is 31.3 Å². The Morgan fingerprint density at radius 1 is 1.04 bits per heavy atom. The Hall–Kier alpha value is -2.21. The molecule has 5 nitrogen and oxygen atoms in total. The smallest absolute Gasteiger partial charge is 0.407 e. The monoisotopic (exact) mass is 421 g/mol. The molecule has 0 saturated carbocycles. The first-order valence-electron chi connectivity index (χ1n) is 8.39. The van der Waals surface area contributed by atoms with Gasteiger partial charge in [0.25, 0.3) is 0 Å². The summed E-state index contributed by atoms with van der Waals surface area (Å²) in [7, 11) is 0. The number of carbonyl (C=O) groups excluding carboxylic acids is 1. The predicted octanol–water partition coefficient (Wildman–Crippen LogP) is 4.93. The van der Waals surface area contributed by atoms with Crippen molar-refractivity contribution < 1.29 is 19.0 Å². The normalized spacial score (nSPS) is 10.9. The minimum absolute atomic E-state index is 0.303. The van der Waals surface area contributed by atoms with Crippen LogP contribution in [0, 0.1) is 0 Å². The standard InChI is InChI=1S/C20H24BrNO4/c1-20(2,3)26-19(23)22-11-12-24-18-13-16(21)9-10-17(18)25-14-15-7-5-4-6-8-15/h4-10,13H,11-12,14H2,1-3H3,(H,22,23). The van der Waals surface area contributed by atoms with Crippen molar-refractivity contribution >= 4 is 22.0 Å². The summed E-state index contributed by atoms with van der Waals surface area (Å²) in [6.07, 6.45) is -0.462. The van der Waals surface area contributed by atoms with Gasteiger partial charge in [-0.1, -0.05) is 46.3 Å². The van der Waals surface area contributed by atoms with E-state index in [0.717, 1.165) is 10.0 Å². The molecule has 0 bridgehead atoms. The van der Waals surface area contributed by atoms with Crippen molar-refractivity contribution in [3.63, 3.8) is 0 Å². The van der Waals surface area contributed by atoms with E-state index in [4.69, 9.17) is 14.2 Å². The maximum atomic E-state index is 11.6. The quantitative estimate of drug-likeness (QED) is 0.643. The van der Waals surface area contributed by atoms with Gasteiger partial charge < -0.3 is 19.5 Å². The molecule has 0 spiro atoms. The third kappa shape index (κ3) is 7.35. The fourth-order valence-corrected chi connectivity index (χ4v) is 2.42. The van der Waals surface area contributed by atoms with Crippen LogP contribution in [0.25, 0.3) is 0 Å². The molecule has 140 valence electrons. The number of halogens is 1. The number of ether oxygens (including phenoxy) is 3. The largest absolute Gasteiger partial charge is 0.488 e. The van der Waals surface area contributed by atoms with Crippen LogP contribution >= 0.6 is 15.9 Å². The van der Waals surface area contributed by atoms with Crippen molar-refractivity contribution in [1.29, 1.82) is 0 Å². The molecule has 0 radical (unpaired) electrons. The van der Waals surface area contributed by atoms with Crippen LogP contribution in [0.15, 0.2) is 53.0 Å². The number of alkyl carbamates (subject to hydrolysis) is 1. The van der Waals surface area contributed by atoms with Gasteiger partial charge in [0, 0.05) is 4.47 Å². The average molecular weight is 422 g/mol. The lowest BCUT2D eigenvalue weighted by Gasteiger charge is -2.19. The van der Waals surface area contributed by atoms with Gasteiger partial charge >= 0.3 is 6.09 Å². The van der Waals surface area contributed by atoms with Gasteiger partial charge in [-0.15, -0.1) is 0 Å². The van der Waals surface area contributed by atoms with Crippen molar-refractivity contribution in [3.8, 4) is 11.5 Å². The van der Waals surface area contributed by atoms with Gasteiger partial charge in [-0.3, -0.25) is 0 Å². The van der Waals surface area contributed by atoms with Gasteiger partial charge in [-0.2, -0.15) is 0 Å². The van der Waals surface area contributed by atoms with Crippen molar-refractivity contribution in [3.05, 3.63) is 58.6 Å². The molecule has 0 heterocycles. The molecule has 0 saturated heterocycles. The van der Waals surface area contributed by atoms with Crippen LogP contribution in [0.1, 0.15) is 26.3 Å². The molecule has 2 aromatic carbocycles. The maximum Gasteiger partial charge on any atom is 0.407 e. The summed E-state index contributed by atoms with van der Waals surface area (Å²) in [6.45, 7) is 6.55. The molecule has 0 unspecified atom stereocenters. The highest BCUT2D eigenvalue weighted by molar-refractivity contribution is 9.10. The second-order valence-electron chi connectivity index (χ2n) is 6.64. The highest BCUT2D eigenvalue weighted by Gasteiger charge is 2.15. The van der Waals surface area contributed by atoms with Gasteiger partial charge in [0.1, 0.15) is 18.8 Å². The molecule has 26 heavy (non-hydrogen) atoms. The summed E-state index contributed by atoms with van der Waals surface area (Å²) < 4.78 is 17.7. The number of rotatable bonds is 7. The van der Waals surface area contributed by atoms with E-state index in [1.54, 1.807) is 0 Å². The Bertz CT molecular complexity index is 713. The summed E-state index contributed by atoms with van der Waals surface area (Å²) in [5.74, 6) is 1.26. The molecule has 2 aromatic rings. The van der Waals surface area contributed by atoms with Gasteiger partial charge in [0.05, 0.1) is 6.54 Å². The number of hydrogen-bond acceptors (Lipinski definition) is 4. The van der Waals surface area contributed by atoms with E-state index in [2.05, 4.69) is 21.2 Å². The number of nitrogens with one attached hydrogen (secondary N) is 1. The zero-order valence-corrected chi connectivity index (χ0v) is 16.8. The van der Waals surface area contributed by atoms with Gasteiger partial charge in [0.2, 0.25) is 0 Å². The molecule has 0 aliphatic heterocycles. The minimum atomic E-state index is -0.520. The number of carbonyl (C=O) groups is 1. The zero-order chi connectivity index (χ0) is 19.0. The predicted molar refractivity (Wildman–Crippen MR) is 105 cm³/mol. The van der Waals surface area contributed by atoms with E-state index in [1.165, 1.54) is 0 Å². The third-order valence-corrected chi connectivity index (χ3v) is 3.66. The molecule has 1 amide bonds.